The Morgan fingerprint density at radius 3 is 2.75 bits per heavy atom. The monoisotopic (exact) mass is 280 g/mol. The molecule has 0 atom stereocenters. The van der Waals surface area contributed by atoms with E-state index in [-0.39, 0.29) is 17.9 Å². The smallest absolute Gasteiger partial charge is 0.267 e. The molecule has 6 heteroatoms. The zero-order chi connectivity index (χ0) is 14.4. The Kier molecular flexibility index (Phi) is 5.52. The van der Waals surface area contributed by atoms with Gasteiger partial charge in [0.25, 0.3) is 5.91 Å². The molecule has 2 heterocycles. The number of nitrogens with zero attached hydrogens (tertiary/aromatic N) is 2. The summed E-state index contributed by atoms with van der Waals surface area (Å²) in [6.45, 7) is 5.47. The number of unbranched alkanes of at least 4 members (excludes halogenated alkanes) is 1. The van der Waals surface area contributed by atoms with Crippen molar-refractivity contribution in [1.82, 2.24) is 15.6 Å². The van der Waals surface area contributed by atoms with Gasteiger partial charge in [0.2, 0.25) is 5.91 Å². The average molecular weight is 280 g/mol. The second-order valence-electron chi connectivity index (χ2n) is 5.54. The fraction of sp³-hybridized carbons (Fsp3) is 0.786. The third-order valence-electron chi connectivity index (χ3n) is 3.92. The minimum Gasteiger partial charge on any atom is -0.348 e. The van der Waals surface area contributed by atoms with Crippen LogP contribution in [0.25, 0.3) is 0 Å². The fourth-order valence-corrected chi connectivity index (χ4v) is 2.59. The molecule has 0 saturated carbocycles. The van der Waals surface area contributed by atoms with E-state index in [4.69, 9.17) is 0 Å². The summed E-state index contributed by atoms with van der Waals surface area (Å²) in [7, 11) is 0. The number of carbonyl (C=O) groups is 2. The minimum atomic E-state index is -0.128. The van der Waals surface area contributed by atoms with E-state index >= 15 is 0 Å². The van der Waals surface area contributed by atoms with E-state index in [9.17, 15) is 9.59 Å². The molecule has 2 rings (SSSR count). The summed E-state index contributed by atoms with van der Waals surface area (Å²) in [6.07, 6.45) is 5.24. The second-order valence-corrected chi connectivity index (χ2v) is 5.54. The molecule has 2 aliphatic rings. The standard InChI is InChI=1S/C14H24N4O2/c1-2-3-8-18-9-6-11(7-10-18)15-14(20)12-4-5-13(19)17-16-12/h11H,2-10H2,1H3,(H,15,20)(H,17,19). The molecule has 2 N–H and O–H groups in total. The molecule has 112 valence electrons. The molecule has 1 fully saturated rings. The molecule has 6 nitrogen and oxygen atoms in total. The van der Waals surface area contributed by atoms with E-state index in [1.807, 2.05) is 0 Å². The number of amides is 2. The zero-order valence-electron chi connectivity index (χ0n) is 12.2. The first-order valence-electron chi connectivity index (χ1n) is 7.57. The first kappa shape index (κ1) is 15.0. The van der Waals surface area contributed by atoms with E-state index in [0.29, 0.717) is 18.6 Å². The number of hydrogen-bond donors (Lipinski definition) is 2. The topological polar surface area (TPSA) is 73.8 Å². The van der Waals surface area contributed by atoms with Crippen LogP contribution in [0.15, 0.2) is 5.10 Å². The molecule has 20 heavy (non-hydrogen) atoms. The number of piperidine rings is 1. The van der Waals surface area contributed by atoms with Crippen molar-refractivity contribution in [2.75, 3.05) is 19.6 Å². The predicted molar refractivity (Wildman–Crippen MR) is 77.3 cm³/mol. The third kappa shape index (κ3) is 4.30. The number of hydrogen-bond acceptors (Lipinski definition) is 4. The van der Waals surface area contributed by atoms with Gasteiger partial charge in [0, 0.05) is 32.0 Å². The van der Waals surface area contributed by atoms with Crippen molar-refractivity contribution in [3.63, 3.8) is 0 Å². The van der Waals surface area contributed by atoms with Gasteiger partial charge < -0.3 is 10.2 Å². The van der Waals surface area contributed by atoms with Crippen LogP contribution in [0.4, 0.5) is 0 Å². The zero-order valence-corrected chi connectivity index (χ0v) is 12.2. The highest BCUT2D eigenvalue weighted by Crippen LogP contribution is 2.11. The van der Waals surface area contributed by atoms with Crippen molar-refractivity contribution in [3.05, 3.63) is 0 Å². The Balaban J connectivity index is 1.72. The fourth-order valence-electron chi connectivity index (χ4n) is 2.59. The Hall–Kier alpha value is -1.43. The summed E-state index contributed by atoms with van der Waals surface area (Å²) in [6, 6.07) is 0.237. The van der Waals surface area contributed by atoms with Crippen LogP contribution >= 0.6 is 0 Å². The Morgan fingerprint density at radius 1 is 1.40 bits per heavy atom. The van der Waals surface area contributed by atoms with Crippen molar-refractivity contribution >= 4 is 17.5 Å². The maximum atomic E-state index is 12.0. The van der Waals surface area contributed by atoms with Crippen LogP contribution < -0.4 is 10.7 Å². The number of rotatable bonds is 5. The van der Waals surface area contributed by atoms with Gasteiger partial charge in [-0.3, -0.25) is 9.59 Å². The van der Waals surface area contributed by atoms with Crippen LogP contribution in [-0.2, 0) is 9.59 Å². The lowest BCUT2D eigenvalue weighted by Crippen LogP contribution is -2.47. The quantitative estimate of drug-likeness (QED) is 0.776. The van der Waals surface area contributed by atoms with Gasteiger partial charge in [-0.05, 0) is 25.8 Å². The van der Waals surface area contributed by atoms with Crippen LogP contribution in [0.1, 0.15) is 45.4 Å². The molecular formula is C14H24N4O2. The number of hydrazone groups is 1. The molecule has 2 aliphatic heterocycles. The number of nitrogens with one attached hydrogen (secondary N) is 2. The van der Waals surface area contributed by atoms with Gasteiger partial charge in [-0.1, -0.05) is 13.3 Å². The molecule has 1 saturated heterocycles. The largest absolute Gasteiger partial charge is 0.348 e. The number of carbonyl (C=O) groups excluding carboxylic acids is 2. The van der Waals surface area contributed by atoms with Gasteiger partial charge in [0.1, 0.15) is 5.71 Å². The maximum Gasteiger partial charge on any atom is 0.267 e. The highest BCUT2D eigenvalue weighted by atomic mass is 16.2. The normalized spacial score (nSPS) is 21.2. The average Bonchev–Trinajstić information content (AvgIpc) is 2.47. The van der Waals surface area contributed by atoms with E-state index in [2.05, 4.69) is 27.7 Å². The van der Waals surface area contributed by atoms with Crippen LogP contribution in [0.3, 0.4) is 0 Å². The van der Waals surface area contributed by atoms with Gasteiger partial charge >= 0.3 is 0 Å². The van der Waals surface area contributed by atoms with E-state index < -0.39 is 0 Å². The molecule has 0 bridgehead atoms. The molecule has 0 aromatic heterocycles. The summed E-state index contributed by atoms with van der Waals surface area (Å²) in [5.41, 5.74) is 2.80. The minimum absolute atomic E-state index is 0.120. The summed E-state index contributed by atoms with van der Waals surface area (Å²) in [4.78, 5) is 25.5. The molecule has 0 aromatic carbocycles. The Labute approximate surface area is 120 Å². The highest BCUT2D eigenvalue weighted by molar-refractivity contribution is 6.39. The number of likely N-dealkylation sites (tertiary alicyclic amines) is 1. The SMILES string of the molecule is CCCCN1CCC(NC(=O)C2=NNC(=O)CC2)CC1. The predicted octanol–water partition coefficient (Wildman–Crippen LogP) is 0.633. The second kappa shape index (κ2) is 7.38. The van der Waals surface area contributed by atoms with Crippen molar-refractivity contribution in [3.8, 4) is 0 Å². The van der Waals surface area contributed by atoms with Crippen LogP contribution in [0.2, 0.25) is 0 Å². The van der Waals surface area contributed by atoms with Crippen LogP contribution in [0.5, 0.6) is 0 Å². The molecule has 0 aromatic rings. The van der Waals surface area contributed by atoms with E-state index in [1.54, 1.807) is 0 Å². The Bertz CT molecular complexity index is 387. The summed E-state index contributed by atoms with van der Waals surface area (Å²) in [5.74, 6) is -0.247. The molecular weight excluding hydrogens is 256 g/mol. The molecule has 0 aliphatic carbocycles. The van der Waals surface area contributed by atoms with Gasteiger partial charge in [-0.2, -0.15) is 5.10 Å². The highest BCUT2D eigenvalue weighted by Gasteiger charge is 2.23. The van der Waals surface area contributed by atoms with Crippen molar-refractivity contribution in [2.45, 2.75) is 51.5 Å². The first-order chi connectivity index (χ1) is 9.69. The lowest BCUT2D eigenvalue weighted by molar-refractivity contribution is -0.121. The lowest BCUT2D eigenvalue weighted by Gasteiger charge is -2.32. The third-order valence-corrected chi connectivity index (χ3v) is 3.92. The summed E-state index contributed by atoms with van der Waals surface area (Å²) in [5, 5.41) is 6.86. The summed E-state index contributed by atoms with van der Waals surface area (Å²) >= 11 is 0. The Morgan fingerprint density at radius 2 is 2.15 bits per heavy atom. The van der Waals surface area contributed by atoms with Crippen molar-refractivity contribution in [2.24, 2.45) is 5.10 Å². The molecule has 2 amide bonds. The van der Waals surface area contributed by atoms with E-state index in [1.165, 1.54) is 12.8 Å². The van der Waals surface area contributed by atoms with Gasteiger partial charge in [0.15, 0.2) is 0 Å². The molecule has 0 unspecified atom stereocenters. The van der Waals surface area contributed by atoms with Crippen LogP contribution in [-0.4, -0.2) is 48.1 Å². The van der Waals surface area contributed by atoms with Gasteiger partial charge in [0.05, 0.1) is 0 Å². The van der Waals surface area contributed by atoms with Crippen molar-refractivity contribution < 1.29 is 9.59 Å². The van der Waals surface area contributed by atoms with Crippen LogP contribution in [0, 0.1) is 0 Å². The molecule has 0 radical (unpaired) electrons. The maximum absolute atomic E-state index is 12.0. The molecule has 0 spiro atoms. The van der Waals surface area contributed by atoms with E-state index in [0.717, 1.165) is 32.5 Å². The summed E-state index contributed by atoms with van der Waals surface area (Å²) < 4.78 is 0. The van der Waals surface area contributed by atoms with Gasteiger partial charge in [-0.15, -0.1) is 0 Å². The van der Waals surface area contributed by atoms with Crippen molar-refractivity contribution in [1.29, 1.82) is 0 Å². The lowest BCUT2D eigenvalue weighted by atomic mass is 10.0. The first-order valence-corrected chi connectivity index (χ1v) is 7.57. The van der Waals surface area contributed by atoms with Gasteiger partial charge in [-0.25, -0.2) is 5.43 Å².